The van der Waals surface area contributed by atoms with Gasteiger partial charge in [0.1, 0.15) is 0 Å². The van der Waals surface area contributed by atoms with Crippen molar-refractivity contribution in [2.45, 2.75) is 20.4 Å². The standard InChI is InChI=1S/C21H22N2O3/c1-6-15(7-2)23-12-17-20(21(23)24)13(3)10-16(22-17)14-8-9-18(25-4)19(11-14)26-5/h6-11H,1,12H2,2-5H3/b15-7+. The van der Waals surface area contributed by atoms with Crippen LogP contribution in [0.4, 0.5) is 0 Å². The Balaban J connectivity index is 2.05. The van der Waals surface area contributed by atoms with Crippen molar-refractivity contribution >= 4 is 5.91 Å². The van der Waals surface area contributed by atoms with Crippen LogP contribution in [0.5, 0.6) is 11.5 Å². The van der Waals surface area contributed by atoms with Crippen LogP contribution in [-0.4, -0.2) is 30.0 Å². The first-order valence-corrected chi connectivity index (χ1v) is 8.37. The molecule has 0 saturated heterocycles. The van der Waals surface area contributed by atoms with Crippen molar-refractivity contribution in [3.8, 4) is 22.8 Å². The number of rotatable bonds is 5. The number of aromatic nitrogens is 1. The van der Waals surface area contributed by atoms with Gasteiger partial charge < -0.3 is 14.4 Å². The van der Waals surface area contributed by atoms with Crippen molar-refractivity contribution < 1.29 is 14.3 Å². The van der Waals surface area contributed by atoms with Crippen molar-refractivity contribution in [2.75, 3.05) is 14.2 Å². The van der Waals surface area contributed by atoms with E-state index in [4.69, 9.17) is 14.5 Å². The highest BCUT2D eigenvalue weighted by atomic mass is 16.5. The average molecular weight is 350 g/mol. The fourth-order valence-electron chi connectivity index (χ4n) is 3.24. The topological polar surface area (TPSA) is 51.7 Å². The quantitative estimate of drug-likeness (QED) is 0.761. The van der Waals surface area contributed by atoms with Gasteiger partial charge in [-0.2, -0.15) is 0 Å². The van der Waals surface area contributed by atoms with Gasteiger partial charge in [-0.05, 0) is 49.8 Å². The lowest BCUT2D eigenvalue weighted by molar-refractivity contribution is 0.0830. The van der Waals surface area contributed by atoms with Crippen molar-refractivity contribution in [1.29, 1.82) is 0 Å². The van der Waals surface area contributed by atoms with Crippen molar-refractivity contribution in [2.24, 2.45) is 0 Å². The monoisotopic (exact) mass is 350 g/mol. The molecule has 3 rings (SSSR count). The van der Waals surface area contributed by atoms with E-state index in [2.05, 4.69) is 6.58 Å². The van der Waals surface area contributed by atoms with Crippen LogP contribution in [0.25, 0.3) is 11.3 Å². The summed E-state index contributed by atoms with van der Waals surface area (Å²) in [4.78, 5) is 19.2. The summed E-state index contributed by atoms with van der Waals surface area (Å²) in [5.74, 6) is 1.28. The number of pyridine rings is 1. The molecule has 0 spiro atoms. The third-order valence-electron chi connectivity index (χ3n) is 4.55. The highest BCUT2D eigenvalue weighted by Gasteiger charge is 2.32. The number of hydrogen-bond donors (Lipinski definition) is 0. The number of nitrogens with zero attached hydrogens (tertiary/aromatic N) is 2. The summed E-state index contributed by atoms with van der Waals surface area (Å²) in [6.45, 7) is 8.07. The maximum absolute atomic E-state index is 12.8. The van der Waals surface area contributed by atoms with Gasteiger partial charge in [0, 0.05) is 11.3 Å². The molecule has 2 heterocycles. The second kappa shape index (κ2) is 7.04. The van der Waals surface area contributed by atoms with Crippen molar-refractivity contribution in [3.05, 3.63) is 65.5 Å². The zero-order chi connectivity index (χ0) is 18.8. The first kappa shape index (κ1) is 17.7. The molecule has 0 saturated carbocycles. The maximum Gasteiger partial charge on any atom is 0.260 e. The zero-order valence-corrected chi connectivity index (χ0v) is 15.5. The number of allylic oxidation sites excluding steroid dienone is 2. The number of fused-ring (bicyclic) bond motifs is 1. The fraction of sp³-hybridized carbons (Fsp3) is 0.238. The fourth-order valence-corrected chi connectivity index (χ4v) is 3.24. The number of ether oxygens (including phenoxy) is 2. The Morgan fingerprint density at radius 3 is 2.58 bits per heavy atom. The molecule has 0 aliphatic carbocycles. The molecule has 134 valence electrons. The van der Waals surface area contributed by atoms with E-state index in [1.165, 1.54) is 0 Å². The molecule has 0 atom stereocenters. The molecule has 1 aliphatic rings. The summed E-state index contributed by atoms with van der Waals surface area (Å²) in [6, 6.07) is 7.62. The average Bonchev–Trinajstić information content (AvgIpc) is 2.99. The van der Waals surface area contributed by atoms with E-state index >= 15 is 0 Å². The Kier molecular flexibility index (Phi) is 4.80. The summed E-state index contributed by atoms with van der Waals surface area (Å²) < 4.78 is 10.7. The lowest BCUT2D eigenvalue weighted by Crippen LogP contribution is -2.22. The van der Waals surface area contributed by atoms with Gasteiger partial charge in [-0.25, -0.2) is 0 Å². The molecule has 1 aromatic heterocycles. The van der Waals surface area contributed by atoms with Crippen LogP contribution in [-0.2, 0) is 6.54 Å². The lowest BCUT2D eigenvalue weighted by Gasteiger charge is -2.15. The van der Waals surface area contributed by atoms with Gasteiger partial charge in [0.25, 0.3) is 5.91 Å². The molecule has 0 fully saturated rings. The SMILES string of the molecule is C=C/C(=C\C)N1Cc2nc(-c3ccc(OC)c(OC)c3)cc(C)c2C1=O. The van der Waals surface area contributed by atoms with Gasteiger partial charge in [0.05, 0.1) is 37.7 Å². The smallest absolute Gasteiger partial charge is 0.260 e. The van der Waals surface area contributed by atoms with E-state index in [0.29, 0.717) is 23.6 Å². The number of amides is 1. The van der Waals surface area contributed by atoms with Crippen molar-refractivity contribution in [1.82, 2.24) is 9.88 Å². The molecule has 1 aromatic carbocycles. The number of carbonyl (C=O) groups excluding carboxylic acids is 1. The third-order valence-corrected chi connectivity index (χ3v) is 4.55. The van der Waals surface area contributed by atoms with Crippen molar-refractivity contribution in [3.63, 3.8) is 0 Å². The number of hydrogen-bond acceptors (Lipinski definition) is 4. The molecule has 0 N–H and O–H groups in total. The first-order chi connectivity index (χ1) is 12.5. The van der Waals surface area contributed by atoms with Crippen LogP contribution in [0.1, 0.15) is 28.5 Å². The Bertz CT molecular complexity index is 916. The minimum atomic E-state index is -0.0307. The maximum atomic E-state index is 12.8. The normalized spacial score (nSPS) is 13.6. The van der Waals surface area contributed by atoms with Gasteiger partial charge in [0.2, 0.25) is 0 Å². The molecule has 0 bridgehead atoms. The van der Waals surface area contributed by atoms with Gasteiger partial charge in [-0.3, -0.25) is 9.78 Å². The first-order valence-electron chi connectivity index (χ1n) is 8.37. The van der Waals surface area contributed by atoms with Gasteiger partial charge >= 0.3 is 0 Å². The van der Waals surface area contributed by atoms with E-state index in [9.17, 15) is 4.79 Å². The molecule has 1 amide bonds. The predicted molar refractivity (Wildman–Crippen MR) is 101 cm³/mol. The zero-order valence-electron chi connectivity index (χ0n) is 15.5. The summed E-state index contributed by atoms with van der Waals surface area (Å²) in [5.41, 5.74) is 4.87. The molecule has 1 aliphatic heterocycles. The Morgan fingerprint density at radius 2 is 1.96 bits per heavy atom. The largest absolute Gasteiger partial charge is 0.493 e. The van der Waals surface area contributed by atoms with Crippen LogP contribution in [0.3, 0.4) is 0 Å². The van der Waals surface area contributed by atoms with Crippen LogP contribution >= 0.6 is 0 Å². The summed E-state index contributed by atoms with van der Waals surface area (Å²) in [6.07, 6.45) is 3.57. The number of carbonyl (C=O) groups is 1. The molecule has 26 heavy (non-hydrogen) atoms. The van der Waals surface area contributed by atoms with E-state index in [-0.39, 0.29) is 5.91 Å². The second-order valence-electron chi connectivity index (χ2n) is 6.02. The third kappa shape index (κ3) is 2.86. The van der Waals surface area contributed by atoms with E-state index < -0.39 is 0 Å². The number of methoxy groups -OCH3 is 2. The summed E-state index contributed by atoms with van der Waals surface area (Å²) in [5, 5.41) is 0. The number of benzene rings is 1. The minimum absolute atomic E-state index is 0.0307. The molecular formula is C21H22N2O3. The van der Waals surface area contributed by atoms with Crippen LogP contribution in [0, 0.1) is 6.92 Å². The van der Waals surface area contributed by atoms with E-state index in [1.807, 2.05) is 44.2 Å². The molecule has 5 nitrogen and oxygen atoms in total. The highest BCUT2D eigenvalue weighted by Crippen LogP contribution is 2.34. The van der Waals surface area contributed by atoms with Gasteiger partial charge in [0.15, 0.2) is 11.5 Å². The summed E-state index contributed by atoms with van der Waals surface area (Å²) in [7, 11) is 3.21. The summed E-state index contributed by atoms with van der Waals surface area (Å²) >= 11 is 0. The molecule has 5 heteroatoms. The lowest BCUT2D eigenvalue weighted by atomic mass is 10.0. The molecular weight excluding hydrogens is 328 g/mol. The van der Waals surface area contributed by atoms with Crippen LogP contribution in [0.15, 0.2) is 48.7 Å². The molecule has 0 unspecified atom stereocenters. The van der Waals surface area contributed by atoms with Gasteiger partial charge in [-0.15, -0.1) is 0 Å². The molecule has 0 radical (unpaired) electrons. The second-order valence-corrected chi connectivity index (χ2v) is 6.02. The Labute approximate surface area is 153 Å². The minimum Gasteiger partial charge on any atom is -0.493 e. The Morgan fingerprint density at radius 1 is 1.23 bits per heavy atom. The molecule has 2 aromatic rings. The van der Waals surface area contributed by atoms with Gasteiger partial charge in [-0.1, -0.05) is 12.7 Å². The van der Waals surface area contributed by atoms with Crippen LogP contribution in [0.2, 0.25) is 0 Å². The number of aryl methyl sites for hydroxylation is 1. The van der Waals surface area contributed by atoms with E-state index in [0.717, 1.165) is 28.2 Å². The van der Waals surface area contributed by atoms with Crippen LogP contribution < -0.4 is 9.47 Å². The predicted octanol–water partition coefficient (Wildman–Crippen LogP) is 4.12. The highest BCUT2D eigenvalue weighted by molar-refractivity contribution is 6.00. The van der Waals surface area contributed by atoms with E-state index in [1.54, 1.807) is 25.2 Å². The Hall–Kier alpha value is -3.08.